The van der Waals surface area contributed by atoms with Gasteiger partial charge in [-0.3, -0.25) is 0 Å². The summed E-state index contributed by atoms with van der Waals surface area (Å²) in [5.41, 5.74) is 1.91. The Bertz CT molecular complexity index is 725. The third-order valence-corrected chi connectivity index (χ3v) is 4.90. The van der Waals surface area contributed by atoms with Crippen LogP contribution in [0.5, 0.6) is 5.75 Å². The molecule has 0 unspecified atom stereocenters. The van der Waals surface area contributed by atoms with E-state index >= 15 is 0 Å². The number of ether oxygens (including phenoxy) is 1. The lowest BCUT2D eigenvalue weighted by molar-refractivity contribution is 0.155. The Morgan fingerprint density at radius 3 is 2.33 bits per heavy atom. The fourth-order valence-corrected chi connectivity index (χ4v) is 3.31. The van der Waals surface area contributed by atoms with Crippen LogP contribution in [-0.4, -0.2) is 24.1 Å². The second kappa shape index (κ2) is 9.40. The van der Waals surface area contributed by atoms with Crippen LogP contribution in [0.3, 0.4) is 0 Å². The molecule has 0 heterocycles. The van der Waals surface area contributed by atoms with E-state index in [4.69, 9.17) is 4.74 Å². The zero-order valence-electron chi connectivity index (χ0n) is 15.8. The van der Waals surface area contributed by atoms with Crippen LogP contribution in [0.1, 0.15) is 43.2 Å². The molecule has 2 amide bonds. The first-order valence-corrected chi connectivity index (χ1v) is 9.59. The van der Waals surface area contributed by atoms with Crippen LogP contribution in [0.4, 0.5) is 9.18 Å². The quantitative estimate of drug-likeness (QED) is 0.787. The van der Waals surface area contributed by atoms with E-state index in [0.717, 1.165) is 29.7 Å². The number of carbonyl (C=O) groups is 1. The Morgan fingerprint density at radius 1 is 1.04 bits per heavy atom. The number of hydrogen-bond donors (Lipinski definition) is 1. The van der Waals surface area contributed by atoms with Gasteiger partial charge in [0.05, 0.1) is 6.10 Å². The summed E-state index contributed by atoms with van der Waals surface area (Å²) in [6.45, 7) is 0.885. The van der Waals surface area contributed by atoms with E-state index in [1.54, 1.807) is 24.1 Å². The maximum Gasteiger partial charge on any atom is 0.317 e. The van der Waals surface area contributed by atoms with Crippen LogP contribution in [0.2, 0.25) is 0 Å². The minimum Gasteiger partial charge on any atom is -0.490 e. The van der Waals surface area contributed by atoms with E-state index in [0.29, 0.717) is 19.2 Å². The third kappa shape index (κ3) is 5.98. The summed E-state index contributed by atoms with van der Waals surface area (Å²) in [6, 6.07) is 13.9. The molecule has 0 spiro atoms. The Morgan fingerprint density at radius 2 is 1.67 bits per heavy atom. The molecule has 1 aliphatic rings. The van der Waals surface area contributed by atoms with Gasteiger partial charge in [0.25, 0.3) is 0 Å². The van der Waals surface area contributed by atoms with Gasteiger partial charge in [-0.1, -0.05) is 30.7 Å². The lowest BCUT2D eigenvalue weighted by Crippen LogP contribution is -2.36. The summed E-state index contributed by atoms with van der Waals surface area (Å²) in [5, 5.41) is 2.90. The van der Waals surface area contributed by atoms with Crippen molar-refractivity contribution >= 4 is 6.03 Å². The highest BCUT2D eigenvalue weighted by Gasteiger charge is 2.14. The van der Waals surface area contributed by atoms with Crippen molar-refractivity contribution in [3.8, 4) is 5.75 Å². The van der Waals surface area contributed by atoms with E-state index in [1.807, 2.05) is 24.3 Å². The molecule has 0 aromatic heterocycles. The molecule has 2 aromatic carbocycles. The molecule has 0 saturated heterocycles. The SMILES string of the molecule is CN(Cc1ccc(F)cc1)C(=O)NCc1ccc(OC2CCCCC2)cc1. The zero-order chi connectivity index (χ0) is 19.1. The molecule has 0 radical (unpaired) electrons. The van der Waals surface area contributed by atoms with Crippen LogP contribution in [0.25, 0.3) is 0 Å². The van der Waals surface area contributed by atoms with Crippen molar-refractivity contribution in [2.75, 3.05) is 7.05 Å². The number of hydrogen-bond acceptors (Lipinski definition) is 2. The molecule has 1 saturated carbocycles. The van der Waals surface area contributed by atoms with Crippen molar-refractivity contribution < 1.29 is 13.9 Å². The summed E-state index contributed by atoms with van der Waals surface area (Å²) < 4.78 is 19.0. The molecule has 0 bridgehead atoms. The minimum absolute atomic E-state index is 0.165. The van der Waals surface area contributed by atoms with Gasteiger partial charge < -0.3 is 15.0 Å². The third-order valence-electron chi connectivity index (χ3n) is 4.90. The molecular weight excluding hydrogens is 343 g/mol. The van der Waals surface area contributed by atoms with E-state index in [1.165, 1.54) is 31.4 Å². The Balaban J connectivity index is 1.44. The predicted molar refractivity (Wildman–Crippen MR) is 104 cm³/mol. The van der Waals surface area contributed by atoms with Crippen molar-refractivity contribution in [2.24, 2.45) is 0 Å². The average Bonchev–Trinajstić information content (AvgIpc) is 2.69. The van der Waals surface area contributed by atoms with Gasteiger partial charge in [0, 0.05) is 20.1 Å². The highest BCUT2D eigenvalue weighted by atomic mass is 19.1. The zero-order valence-corrected chi connectivity index (χ0v) is 15.8. The van der Waals surface area contributed by atoms with Gasteiger partial charge in [-0.25, -0.2) is 9.18 Å². The molecule has 3 rings (SSSR count). The van der Waals surface area contributed by atoms with E-state index in [-0.39, 0.29) is 11.8 Å². The molecule has 27 heavy (non-hydrogen) atoms. The Labute approximate surface area is 160 Å². The first-order valence-electron chi connectivity index (χ1n) is 9.59. The number of carbonyl (C=O) groups excluding carboxylic acids is 1. The van der Waals surface area contributed by atoms with Crippen molar-refractivity contribution in [2.45, 2.75) is 51.3 Å². The molecule has 2 aromatic rings. The van der Waals surface area contributed by atoms with E-state index < -0.39 is 0 Å². The van der Waals surface area contributed by atoms with Crippen LogP contribution in [0.15, 0.2) is 48.5 Å². The van der Waals surface area contributed by atoms with Crippen LogP contribution >= 0.6 is 0 Å². The highest BCUT2D eigenvalue weighted by molar-refractivity contribution is 5.73. The molecule has 0 atom stereocenters. The topological polar surface area (TPSA) is 41.6 Å². The largest absolute Gasteiger partial charge is 0.490 e. The first-order chi connectivity index (χ1) is 13.1. The Kier molecular flexibility index (Phi) is 6.69. The number of nitrogens with one attached hydrogen (secondary N) is 1. The molecular formula is C22H27FN2O2. The fraction of sp³-hybridized carbons (Fsp3) is 0.409. The van der Waals surface area contributed by atoms with Crippen molar-refractivity contribution in [1.29, 1.82) is 0 Å². The average molecular weight is 370 g/mol. The molecule has 0 aliphatic heterocycles. The molecule has 1 aliphatic carbocycles. The number of urea groups is 1. The summed E-state index contributed by atoms with van der Waals surface area (Å²) in [7, 11) is 1.72. The molecule has 144 valence electrons. The normalized spacial score (nSPS) is 14.6. The van der Waals surface area contributed by atoms with Crippen molar-refractivity contribution in [3.63, 3.8) is 0 Å². The summed E-state index contributed by atoms with van der Waals surface area (Å²) >= 11 is 0. The van der Waals surface area contributed by atoms with Gasteiger partial charge in [0.2, 0.25) is 0 Å². The number of nitrogens with zero attached hydrogens (tertiary/aromatic N) is 1. The van der Waals surface area contributed by atoms with Crippen LogP contribution in [-0.2, 0) is 13.1 Å². The lowest BCUT2D eigenvalue weighted by Gasteiger charge is -2.23. The Hall–Kier alpha value is -2.56. The highest BCUT2D eigenvalue weighted by Crippen LogP contribution is 2.23. The van der Waals surface area contributed by atoms with Crippen molar-refractivity contribution in [3.05, 3.63) is 65.5 Å². The van der Waals surface area contributed by atoms with Gasteiger partial charge in [-0.05, 0) is 61.1 Å². The lowest BCUT2D eigenvalue weighted by atomic mass is 9.98. The second-order valence-electron chi connectivity index (χ2n) is 7.16. The number of rotatable bonds is 6. The van der Waals surface area contributed by atoms with Crippen LogP contribution in [0, 0.1) is 5.82 Å². The molecule has 4 nitrogen and oxygen atoms in total. The number of halogens is 1. The van der Waals surface area contributed by atoms with Gasteiger partial charge >= 0.3 is 6.03 Å². The summed E-state index contributed by atoms with van der Waals surface area (Å²) in [6.07, 6.45) is 6.43. The molecule has 5 heteroatoms. The van der Waals surface area contributed by atoms with Gasteiger partial charge in [-0.2, -0.15) is 0 Å². The second-order valence-corrected chi connectivity index (χ2v) is 7.16. The van der Waals surface area contributed by atoms with Gasteiger partial charge in [0.15, 0.2) is 0 Å². The summed E-state index contributed by atoms with van der Waals surface area (Å²) in [4.78, 5) is 13.8. The monoisotopic (exact) mass is 370 g/mol. The van der Waals surface area contributed by atoms with E-state index in [9.17, 15) is 9.18 Å². The minimum atomic E-state index is -0.276. The maximum atomic E-state index is 12.9. The smallest absolute Gasteiger partial charge is 0.317 e. The number of benzene rings is 2. The first kappa shape index (κ1) is 19.2. The van der Waals surface area contributed by atoms with Crippen LogP contribution < -0.4 is 10.1 Å². The standard InChI is InChI=1S/C22H27FN2O2/c1-25(16-18-7-11-19(23)12-8-18)22(26)24-15-17-9-13-21(14-10-17)27-20-5-3-2-4-6-20/h7-14,20H,2-6,15-16H2,1H3,(H,24,26). The van der Waals surface area contributed by atoms with E-state index in [2.05, 4.69) is 5.32 Å². The van der Waals surface area contributed by atoms with Gasteiger partial charge in [0.1, 0.15) is 11.6 Å². The summed E-state index contributed by atoms with van der Waals surface area (Å²) in [5.74, 6) is 0.618. The molecule has 1 N–H and O–H groups in total. The van der Waals surface area contributed by atoms with Crippen molar-refractivity contribution in [1.82, 2.24) is 10.2 Å². The predicted octanol–water partition coefficient (Wildman–Crippen LogP) is 4.88. The van der Waals surface area contributed by atoms with Gasteiger partial charge in [-0.15, -0.1) is 0 Å². The fourth-order valence-electron chi connectivity index (χ4n) is 3.31. The number of amides is 2. The maximum absolute atomic E-state index is 12.9. The molecule has 1 fully saturated rings.